The van der Waals surface area contributed by atoms with Crippen LogP contribution in [0.4, 0.5) is 10.8 Å². The van der Waals surface area contributed by atoms with E-state index in [1.54, 1.807) is 11.3 Å². The van der Waals surface area contributed by atoms with Gasteiger partial charge in [0.05, 0.1) is 36.8 Å². The average Bonchev–Trinajstić information content (AvgIpc) is 3.10. The van der Waals surface area contributed by atoms with Crippen LogP contribution in [0.25, 0.3) is 5.57 Å². The van der Waals surface area contributed by atoms with Gasteiger partial charge < -0.3 is 19.9 Å². The lowest BCUT2D eigenvalue weighted by molar-refractivity contribution is 0.120. The molecule has 0 bridgehead atoms. The smallest absolute Gasteiger partial charge is 0.187 e. The molecule has 1 fully saturated rings. The minimum atomic E-state index is -0.431. The van der Waals surface area contributed by atoms with Crippen LogP contribution in [0, 0.1) is 0 Å². The number of nitrogens with zero attached hydrogens (tertiary/aromatic N) is 1. The molecular formula is C22H26N2O3S. The normalized spacial score (nSPS) is 22.2. The summed E-state index contributed by atoms with van der Waals surface area (Å²) in [6, 6.07) is 6.28. The largest absolute Gasteiger partial charge is 0.488 e. The summed E-state index contributed by atoms with van der Waals surface area (Å²) in [5.74, 6) is 0.925. The lowest BCUT2D eigenvalue weighted by atomic mass is 9.95. The van der Waals surface area contributed by atoms with E-state index in [9.17, 15) is 5.11 Å². The van der Waals surface area contributed by atoms with E-state index in [0.29, 0.717) is 12.7 Å². The highest BCUT2D eigenvalue weighted by molar-refractivity contribution is 7.15. The molecule has 0 radical (unpaired) electrons. The fourth-order valence-electron chi connectivity index (χ4n) is 4.01. The van der Waals surface area contributed by atoms with E-state index in [1.807, 2.05) is 0 Å². The number of aryl methyl sites for hydroxylation is 1. The van der Waals surface area contributed by atoms with Crippen molar-refractivity contribution in [1.29, 1.82) is 0 Å². The predicted octanol–water partition coefficient (Wildman–Crippen LogP) is 4.99. The Bertz CT molecular complexity index is 888. The summed E-state index contributed by atoms with van der Waals surface area (Å²) in [5.41, 5.74) is 4.25. The Balaban J connectivity index is 1.48. The van der Waals surface area contributed by atoms with Crippen molar-refractivity contribution in [2.75, 3.05) is 18.5 Å². The number of ether oxygens (including phenoxy) is 2. The Labute approximate surface area is 169 Å². The fourth-order valence-corrected chi connectivity index (χ4v) is 5.08. The number of aliphatic hydroxyl groups excluding tert-OH is 1. The average molecular weight is 399 g/mol. The van der Waals surface area contributed by atoms with E-state index in [1.165, 1.54) is 16.9 Å². The Morgan fingerprint density at radius 2 is 2.11 bits per heavy atom. The maximum atomic E-state index is 10.2. The summed E-state index contributed by atoms with van der Waals surface area (Å²) < 4.78 is 11.9. The molecule has 1 saturated carbocycles. The zero-order valence-electron chi connectivity index (χ0n) is 15.9. The van der Waals surface area contributed by atoms with Crippen molar-refractivity contribution in [3.8, 4) is 5.75 Å². The van der Waals surface area contributed by atoms with E-state index in [4.69, 9.17) is 14.5 Å². The second-order valence-corrected chi connectivity index (χ2v) is 8.85. The second-order valence-electron chi connectivity index (χ2n) is 7.77. The van der Waals surface area contributed by atoms with Crippen LogP contribution in [-0.2, 0) is 11.2 Å². The Kier molecular flexibility index (Phi) is 5.09. The molecule has 148 valence electrons. The highest BCUT2D eigenvalue weighted by Crippen LogP contribution is 2.42. The van der Waals surface area contributed by atoms with Crippen LogP contribution in [0.2, 0.25) is 0 Å². The highest BCUT2D eigenvalue weighted by Gasteiger charge is 2.26. The molecule has 0 spiro atoms. The number of fused-ring (bicyclic) bond motifs is 1. The summed E-state index contributed by atoms with van der Waals surface area (Å²) in [5, 5.41) is 14.6. The molecule has 2 heterocycles. The molecule has 0 saturated heterocycles. The molecule has 5 rings (SSSR count). The number of thiazole rings is 1. The molecule has 1 aliphatic heterocycles. The maximum absolute atomic E-state index is 10.2. The van der Waals surface area contributed by atoms with Gasteiger partial charge in [-0.25, -0.2) is 4.98 Å². The van der Waals surface area contributed by atoms with Crippen LogP contribution < -0.4 is 10.1 Å². The number of aromatic nitrogens is 1. The van der Waals surface area contributed by atoms with Gasteiger partial charge in [0.2, 0.25) is 0 Å². The molecule has 28 heavy (non-hydrogen) atoms. The van der Waals surface area contributed by atoms with Gasteiger partial charge in [0.1, 0.15) is 0 Å². The molecular weight excluding hydrogens is 372 g/mol. The van der Waals surface area contributed by atoms with Crippen molar-refractivity contribution in [3.05, 3.63) is 40.4 Å². The number of rotatable bonds is 5. The third-order valence-electron chi connectivity index (χ3n) is 5.83. The summed E-state index contributed by atoms with van der Waals surface area (Å²) >= 11 is 1.65. The lowest BCUT2D eigenvalue weighted by Crippen LogP contribution is -2.25. The number of hydrogen-bond donors (Lipinski definition) is 2. The molecule has 2 aliphatic carbocycles. The summed E-state index contributed by atoms with van der Waals surface area (Å²) in [4.78, 5) is 5.89. The molecule has 1 unspecified atom stereocenters. The van der Waals surface area contributed by atoms with Crippen LogP contribution in [0.1, 0.15) is 60.8 Å². The molecule has 3 aliphatic rings. The van der Waals surface area contributed by atoms with E-state index < -0.39 is 6.10 Å². The Hall–Kier alpha value is -1.89. The monoisotopic (exact) mass is 398 g/mol. The zero-order valence-corrected chi connectivity index (χ0v) is 16.8. The van der Waals surface area contributed by atoms with E-state index >= 15 is 0 Å². The predicted molar refractivity (Wildman–Crippen MR) is 111 cm³/mol. The number of nitrogens with one attached hydrogen (secondary N) is 1. The van der Waals surface area contributed by atoms with Crippen molar-refractivity contribution in [3.63, 3.8) is 0 Å². The minimum Gasteiger partial charge on any atom is -0.488 e. The molecule has 2 aromatic rings. The highest BCUT2D eigenvalue weighted by atomic mass is 32.1. The lowest BCUT2D eigenvalue weighted by Gasteiger charge is -2.29. The zero-order chi connectivity index (χ0) is 18.9. The summed E-state index contributed by atoms with van der Waals surface area (Å²) in [7, 11) is 0. The Morgan fingerprint density at radius 1 is 1.18 bits per heavy atom. The first-order valence-electron chi connectivity index (χ1n) is 10.3. The number of anilines is 2. The Morgan fingerprint density at radius 3 is 2.86 bits per heavy atom. The summed E-state index contributed by atoms with van der Waals surface area (Å²) in [6.07, 6.45) is 9.24. The van der Waals surface area contributed by atoms with Crippen molar-refractivity contribution < 1.29 is 14.6 Å². The van der Waals surface area contributed by atoms with Crippen molar-refractivity contribution in [2.24, 2.45) is 0 Å². The molecule has 1 aromatic heterocycles. The van der Waals surface area contributed by atoms with Crippen molar-refractivity contribution in [2.45, 2.75) is 57.2 Å². The number of aliphatic hydroxyl groups is 1. The van der Waals surface area contributed by atoms with Crippen LogP contribution >= 0.6 is 11.3 Å². The van der Waals surface area contributed by atoms with Crippen LogP contribution in [0.15, 0.2) is 24.3 Å². The third-order valence-corrected chi connectivity index (χ3v) is 6.87. The van der Waals surface area contributed by atoms with E-state index in [-0.39, 0.29) is 0 Å². The second kappa shape index (κ2) is 7.85. The quantitative estimate of drug-likeness (QED) is 0.743. The molecule has 2 N–H and O–H groups in total. The van der Waals surface area contributed by atoms with Crippen molar-refractivity contribution >= 4 is 27.7 Å². The van der Waals surface area contributed by atoms with Crippen LogP contribution in [0.3, 0.4) is 0 Å². The van der Waals surface area contributed by atoms with Gasteiger partial charge in [-0.1, -0.05) is 18.2 Å². The topological polar surface area (TPSA) is 63.6 Å². The van der Waals surface area contributed by atoms with E-state index in [0.717, 1.165) is 73.0 Å². The van der Waals surface area contributed by atoms with Gasteiger partial charge in [0, 0.05) is 10.4 Å². The molecule has 5 nitrogen and oxygen atoms in total. The van der Waals surface area contributed by atoms with Gasteiger partial charge in [-0.2, -0.15) is 0 Å². The number of hydrogen-bond acceptors (Lipinski definition) is 6. The molecule has 1 aromatic carbocycles. The van der Waals surface area contributed by atoms with Gasteiger partial charge in [0.25, 0.3) is 0 Å². The first kappa shape index (κ1) is 18.2. The molecule has 1 atom stereocenters. The van der Waals surface area contributed by atoms with Crippen LogP contribution in [0.5, 0.6) is 5.75 Å². The minimum absolute atomic E-state index is 0.300. The summed E-state index contributed by atoms with van der Waals surface area (Å²) in [6.45, 7) is 1.41. The van der Waals surface area contributed by atoms with Gasteiger partial charge in [-0.15, -0.1) is 11.3 Å². The maximum Gasteiger partial charge on any atom is 0.187 e. The molecule has 6 heteroatoms. The first-order chi connectivity index (χ1) is 13.8. The first-order valence-corrected chi connectivity index (χ1v) is 11.1. The third kappa shape index (κ3) is 3.56. The van der Waals surface area contributed by atoms with Gasteiger partial charge in [-0.05, 0) is 56.6 Å². The molecule has 0 amide bonds. The van der Waals surface area contributed by atoms with E-state index in [2.05, 4.69) is 29.6 Å². The van der Waals surface area contributed by atoms with Crippen molar-refractivity contribution in [1.82, 2.24) is 4.98 Å². The van der Waals surface area contributed by atoms with Gasteiger partial charge in [-0.3, -0.25) is 0 Å². The number of para-hydroxylation sites is 1. The fraction of sp³-hybridized carbons (Fsp3) is 0.500. The SMILES string of the molecule is OC1CCCc2sc(Nc3cccc(C4=CCOCC4)c3OC3CCC3)nc21. The number of benzene rings is 1. The van der Waals surface area contributed by atoms with Gasteiger partial charge >= 0.3 is 0 Å². The van der Waals surface area contributed by atoms with Crippen LogP contribution in [-0.4, -0.2) is 29.4 Å². The standard InChI is InChI=1S/C22H26N2O3S/c25-18-8-3-9-19-20(18)24-22(28-19)23-17-7-2-6-16(14-10-12-26-13-11-14)21(17)27-15-4-1-5-15/h2,6-7,10,15,18,25H,1,3-5,8-9,11-13H2,(H,23,24). The van der Waals surface area contributed by atoms with Gasteiger partial charge in [0.15, 0.2) is 10.9 Å².